The van der Waals surface area contributed by atoms with E-state index in [2.05, 4.69) is 0 Å². The molecule has 15 heavy (non-hydrogen) atoms. The maximum Gasteiger partial charge on any atom is 0.320 e. The number of hydrogen-bond acceptors (Lipinski definition) is 4. The fraction of sp³-hybridized carbons (Fsp3) is 0.625. The molecule has 0 heterocycles. The van der Waals surface area contributed by atoms with Crippen LogP contribution in [-0.2, 0) is 14.4 Å². The van der Waals surface area contributed by atoms with Crippen molar-refractivity contribution >= 4 is 17.9 Å². The highest BCUT2D eigenvalue weighted by molar-refractivity contribution is 5.79. The molecule has 86 valence electrons. The van der Waals surface area contributed by atoms with Crippen LogP contribution in [0.1, 0.15) is 13.8 Å². The Kier molecular flexibility index (Phi) is 4.72. The van der Waals surface area contributed by atoms with Gasteiger partial charge in [-0.1, -0.05) is 0 Å². The van der Waals surface area contributed by atoms with Crippen molar-refractivity contribution in [3.8, 4) is 0 Å². The number of aliphatic carboxylic acids is 3. The lowest BCUT2D eigenvalue weighted by Crippen LogP contribution is -2.50. The highest BCUT2D eigenvalue weighted by atomic mass is 16.4. The van der Waals surface area contributed by atoms with Crippen LogP contribution in [0, 0.1) is 0 Å². The molecule has 2 atom stereocenters. The SMILES string of the molecule is CC(C(=O)O)N(CC(=O)O)[C@@H](C)C(=O)O. The first-order valence-electron chi connectivity index (χ1n) is 4.20. The summed E-state index contributed by atoms with van der Waals surface area (Å²) in [6.07, 6.45) is 0. The Morgan fingerprint density at radius 3 is 1.53 bits per heavy atom. The van der Waals surface area contributed by atoms with Crippen LogP contribution in [0.5, 0.6) is 0 Å². The van der Waals surface area contributed by atoms with Crippen LogP contribution in [0.3, 0.4) is 0 Å². The first-order chi connectivity index (χ1) is 6.77. The molecular formula is C8H13NO6. The van der Waals surface area contributed by atoms with Gasteiger partial charge in [0.15, 0.2) is 0 Å². The molecule has 0 aromatic rings. The number of hydrogen-bond donors (Lipinski definition) is 3. The molecule has 0 saturated heterocycles. The second-order valence-electron chi connectivity index (χ2n) is 3.09. The Morgan fingerprint density at radius 2 is 1.33 bits per heavy atom. The summed E-state index contributed by atoms with van der Waals surface area (Å²) < 4.78 is 0. The van der Waals surface area contributed by atoms with E-state index in [4.69, 9.17) is 15.3 Å². The average molecular weight is 219 g/mol. The first-order valence-corrected chi connectivity index (χ1v) is 4.20. The topological polar surface area (TPSA) is 115 Å². The fourth-order valence-corrected chi connectivity index (χ4v) is 1.05. The number of carboxylic acid groups (broad SMARTS) is 3. The number of rotatable bonds is 6. The Balaban J connectivity index is 4.79. The third kappa shape index (κ3) is 3.94. The van der Waals surface area contributed by atoms with Crippen molar-refractivity contribution in [1.29, 1.82) is 0 Å². The molecule has 0 aliphatic heterocycles. The molecule has 0 radical (unpaired) electrons. The summed E-state index contributed by atoms with van der Waals surface area (Å²) in [5.41, 5.74) is 0. The summed E-state index contributed by atoms with van der Waals surface area (Å²) >= 11 is 0. The molecule has 1 unspecified atom stereocenters. The van der Waals surface area contributed by atoms with Crippen molar-refractivity contribution in [3.05, 3.63) is 0 Å². The van der Waals surface area contributed by atoms with E-state index in [9.17, 15) is 14.4 Å². The molecule has 0 aliphatic rings. The highest BCUT2D eigenvalue weighted by Crippen LogP contribution is 2.06. The quantitative estimate of drug-likeness (QED) is 0.542. The summed E-state index contributed by atoms with van der Waals surface area (Å²) in [5.74, 6) is -3.79. The zero-order chi connectivity index (χ0) is 12.2. The third-order valence-corrected chi connectivity index (χ3v) is 2.03. The van der Waals surface area contributed by atoms with Crippen molar-refractivity contribution in [2.75, 3.05) is 6.54 Å². The van der Waals surface area contributed by atoms with Gasteiger partial charge in [0, 0.05) is 0 Å². The van der Waals surface area contributed by atoms with Crippen molar-refractivity contribution in [3.63, 3.8) is 0 Å². The molecule has 0 fully saturated rings. The number of carboxylic acids is 3. The minimum atomic E-state index is -1.27. The van der Waals surface area contributed by atoms with Crippen LogP contribution >= 0.6 is 0 Å². The van der Waals surface area contributed by atoms with Crippen LogP contribution in [0.15, 0.2) is 0 Å². The second kappa shape index (κ2) is 5.30. The number of nitrogens with zero attached hydrogens (tertiary/aromatic N) is 1. The molecule has 0 bridgehead atoms. The molecule has 0 rings (SSSR count). The van der Waals surface area contributed by atoms with E-state index in [0.717, 1.165) is 4.90 Å². The molecule has 7 nitrogen and oxygen atoms in total. The minimum absolute atomic E-state index is 0.624. The summed E-state index contributed by atoms with van der Waals surface area (Å²) in [4.78, 5) is 32.6. The molecule has 0 aromatic heterocycles. The van der Waals surface area contributed by atoms with Crippen molar-refractivity contribution in [2.45, 2.75) is 25.9 Å². The summed E-state index contributed by atoms with van der Waals surface area (Å²) in [7, 11) is 0. The maximum absolute atomic E-state index is 10.6. The monoisotopic (exact) mass is 219 g/mol. The molecule has 0 aliphatic carbocycles. The van der Waals surface area contributed by atoms with Gasteiger partial charge in [-0.05, 0) is 13.8 Å². The van der Waals surface area contributed by atoms with Gasteiger partial charge >= 0.3 is 17.9 Å². The summed E-state index contributed by atoms with van der Waals surface area (Å²) in [6, 6.07) is -2.32. The van der Waals surface area contributed by atoms with Crippen LogP contribution in [0.4, 0.5) is 0 Å². The molecule has 7 heteroatoms. The van der Waals surface area contributed by atoms with Gasteiger partial charge in [-0.2, -0.15) is 0 Å². The number of carbonyl (C=O) groups is 3. The van der Waals surface area contributed by atoms with Gasteiger partial charge < -0.3 is 15.3 Å². The Morgan fingerprint density at radius 1 is 1.00 bits per heavy atom. The fourth-order valence-electron chi connectivity index (χ4n) is 1.05. The van der Waals surface area contributed by atoms with Crippen molar-refractivity contribution in [2.24, 2.45) is 0 Å². The molecule has 3 N–H and O–H groups in total. The predicted octanol–water partition coefficient (Wildman–Crippen LogP) is -0.681. The highest BCUT2D eigenvalue weighted by Gasteiger charge is 2.30. The van der Waals surface area contributed by atoms with Crippen LogP contribution in [0.2, 0.25) is 0 Å². The van der Waals surface area contributed by atoms with E-state index >= 15 is 0 Å². The smallest absolute Gasteiger partial charge is 0.320 e. The zero-order valence-corrected chi connectivity index (χ0v) is 8.38. The van der Waals surface area contributed by atoms with Gasteiger partial charge in [-0.25, -0.2) is 0 Å². The van der Waals surface area contributed by atoms with Crippen LogP contribution < -0.4 is 0 Å². The van der Waals surface area contributed by atoms with Gasteiger partial charge in [0.05, 0.1) is 6.54 Å². The van der Waals surface area contributed by atoms with Gasteiger partial charge in [0.25, 0.3) is 0 Å². The maximum atomic E-state index is 10.6. The minimum Gasteiger partial charge on any atom is -0.480 e. The van der Waals surface area contributed by atoms with Crippen LogP contribution in [0.25, 0.3) is 0 Å². The van der Waals surface area contributed by atoms with E-state index in [1.165, 1.54) is 13.8 Å². The first kappa shape index (κ1) is 13.4. The van der Waals surface area contributed by atoms with Crippen molar-refractivity contribution < 1.29 is 29.7 Å². The largest absolute Gasteiger partial charge is 0.480 e. The molecule has 0 saturated carbocycles. The van der Waals surface area contributed by atoms with Gasteiger partial charge in [-0.3, -0.25) is 19.3 Å². The van der Waals surface area contributed by atoms with Gasteiger partial charge in [0.2, 0.25) is 0 Å². The molecule has 0 aromatic carbocycles. The van der Waals surface area contributed by atoms with E-state index in [0.29, 0.717) is 0 Å². The van der Waals surface area contributed by atoms with E-state index < -0.39 is 36.5 Å². The molecular weight excluding hydrogens is 206 g/mol. The lowest BCUT2D eigenvalue weighted by Gasteiger charge is -2.27. The lowest BCUT2D eigenvalue weighted by atomic mass is 10.2. The normalized spacial score (nSPS) is 14.6. The van der Waals surface area contributed by atoms with Crippen molar-refractivity contribution in [1.82, 2.24) is 4.90 Å². The third-order valence-electron chi connectivity index (χ3n) is 2.03. The second-order valence-corrected chi connectivity index (χ2v) is 3.09. The molecule has 0 spiro atoms. The standard InChI is InChI=1S/C8H13NO6/c1-4(7(12)13)9(3-6(10)11)5(2)8(14)15/h4-5H,3H2,1-2H3,(H,10,11)(H,12,13)(H,14,15)/t4-,5?/m0/s1. The summed E-state index contributed by atoms with van der Waals surface area (Å²) in [6.45, 7) is 1.86. The zero-order valence-electron chi connectivity index (χ0n) is 8.38. The predicted molar refractivity (Wildman–Crippen MR) is 48.5 cm³/mol. The Labute approximate surface area is 85.9 Å². The van der Waals surface area contributed by atoms with Gasteiger partial charge in [-0.15, -0.1) is 0 Å². The van der Waals surface area contributed by atoms with Gasteiger partial charge in [0.1, 0.15) is 12.1 Å². The van der Waals surface area contributed by atoms with E-state index in [1.807, 2.05) is 0 Å². The average Bonchev–Trinajstić information content (AvgIpc) is 2.11. The molecule has 0 amide bonds. The Bertz CT molecular complexity index is 256. The summed E-state index contributed by atoms with van der Waals surface area (Å²) in [5, 5.41) is 25.9. The van der Waals surface area contributed by atoms with E-state index in [-0.39, 0.29) is 0 Å². The van der Waals surface area contributed by atoms with Crippen LogP contribution in [-0.4, -0.2) is 56.8 Å². The lowest BCUT2D eigenvalue weighted by molar-refractivity contribution is -0.152. The van der Waals surface area contributed by atoms with E-state index in [1.54, 1.807) is 0 Å². The Hall–Kier alpha value is -1.63.